The Balaban J connectivity index is 3.30. The maximum Gasteiger partial charge on any atom is 0.310 e. The summed E-state index contributed by atoms with van der Waals surface area (Å²) in [5.41, 5.74) is 0.325. The quantitative estimate of drug-likeness (QED) is 0.924. The van der Waals surface area contributed by atoms with Crippen molar-refractivity contribution in [3.8, 4) is 5.75 Å². The first-order valence-electron chi connectivity index (χ1n) is 4.23. The van der Waals surface area contributed by atoms with Gasteiger partial charge < -0.3 is 9.84 Å². The summed E-state index contributed by atoms with van der Waals surface area (Å²) in [4.78, 5) is 10.8. The molecule has 0 spiro atoms. The van der Waals surface area contributed by atoms with Crippen molar-refractivity contribution in [2.45, 2.75) is 12.8 Å². The Morgan fingerprint density at radius 2 is 2.20 bits per heavy atom. The van der Waals surface area contributed by atoms with Gasteiger partial charge in [0, 0.05) is 5.56 Å². The number of ether oxygens (including phenoxy) is 1. The molecule has 0 fully saturated rings. The molecule has 0 amide bonds. The average Bonchev–Trinajstić information content (AvgIpc) is 2.20. The van der Waals surface area contributed by atoms with Crippen LogP contribution in [0.3, 0.4) is 0 Å². The van der Waals surface area contributed by atoms with Crippen LogP contribution in [0.25, 0.3) is 0 Å². The SMILES string of the molecule is COc1c(C(C)C(=O)O)ccc(Br)c1F. The minimum atomic E-state index is -1.02. The number of rotatable bonds is 3. The monoisotopic (exact) mass is 276 g/mol. The molecule has 0 aromatic heterocycles. The van der Waals surface area contributed by atoms with Gasteiger partial charge in [-0.05, 0) is 28.9 Å². The van der Waals surface area contributed by atoms with E-state index >= 15 is 0 Å². The standard InChI is InChI=1S/C10H10BrFO3/c1-5(10(13)14)6-3-4-7(11)8(12)9(6)15-2/h3-5H,1-2H3,(H,13,14). The lowest BCUT2D eigenvalue weighted by Gasteiger charge is -2.13. The van der Waals surface area contributed by atoms with Crippen LogP contribution in [0, 0.1) is 5.82 Å². The fraction of sp³-hybridized carbons (Fsp3) is 0.300. The van der Waals surface area contributed by atoms with Crippen LogP contribution in [0.4, 0.5) is 4.39 Å². The number of carboxylic acids is 1. The molecule has 0 saturated carbocycles. The van der Waals surface area contributed by atoms with Crippen LogP contribution in [-0.4, -0.2) is 18.2 Å². The number of halogens is 2. The molecule has 0 aliphatic rings. The zero-order valence-corrected chi connectivity index (χ0v) is 9.84. The molecule has 3 nitrogen and oxygen atoms in total. The zero-order chi connectivity index (χ0) is 11.6. The Kier molecular flexibility index (Phi) is 3.68. The van der Waals surface area contributed by atoms with E-state index in [0.29, 0.717) is 5.56 Å². The van der Waals surface area contributed by atoms with E-state index in [1.54, 1.807) is 0 Å². The second-order valence-corrected chi connectivity index (χ2v) is 3.90. The summed E-state index contributed by atoms with van der Waals surface area (Å²) in [5, 5.41) is 8.83. The summed E-state index contributed by atoms with van der Waals surface area (Å²) >= 11 is 3.00. The summed E-state index contributed by atoms with van der Waals surface area (Å²) in [5.74, 6) is -2.43. The van der Waals surface area contributed by atoms with Crippen LogP contribution in [0.1, 0.15) is 18.4 Å². The average molecular weight is 277 g/mol. The number of carbonyl (C=O) groups is 1. The van der Waals surface area contributed by atoms with E-state index in [9.17, 15) is 9.18 Å². The minimum absolute atomic E-state index is 0.0284. The van der Waals surface area contributed by atoms with E-state index in [2.05, 4.69) is 15.9 Å². The molecule has 0 heterocycles. The fourth-order valence-electron chi connectivity index (χ4n) is 1.23. The molecular formula is C10H10BrFO3. The topological polar surface area (TPSA) is 46.5 Å². The van der Waals surface area contributed by atoms with Crippen molar-refractivity contribution < 1.29 is 19.0 Å². The van der Waals surface area contributed by atoms with Gasteiger partial charge in [0.25, 0.3) is 0 Å². The van der Waals surface area contributed by atoms with Crippen molar-refractivity contribution in [1.82, 2.24) is 0 Å². The van der Waals surface area contributed by atoms with Crippen molar-refractivity contribution in [3.05, 3.63) is 28.0 Å². The molecule has 82 valence electrons. The van der Waals surface area contributed by atoms with E-state index in [1.165, 1.54) is 26.2 Å². The summed E-state index contributed by atoms with van der Waals surface area (Å²) in [6.07, 6.45) is 0. The van der Waals surface area contributed by atoms with Crippen molar-refractivity contribution in [1.29, 1.82) is 0 Å². The lowest BCUT2D eigenvalue weighted by atomic mass is 10.0. The van der Waals surface area contributed by atoms with Gasteiger partial charge in [0.05, 0.1) is 17.5 Å². The summed E-state index contributed by atoms with van der Waals surface area (Å²) in [6.45, 7) is 1.48. The molecule has 0 saturated heterocycles. The second-order valence-electron chi connectivity index (χ2n) is 3.04. The smallest absolute Gasteiger partial charge is 0.310 e. The van der Waals surface area contributed by atoms with Gasteiger partial charge in [-0.2, -0.15) is 0 Å². The van der Waals surface area contributed by atoms with Crippen LogP contribution >= 0.6 is 15.9 Å². The molecule has 0 bridgehead atoms. The molecule has 1 N–H and O–H groups in total. The number of hydrogen-bond acceptors (Lipinski definition) is 2. The Morgan fingerprint density at radius 3 is 2.67 bits per heavy atom. The van der Waals surface area contributed by atoms with Crippen LogP contribution in [-0.2, 0) is 4.79 Å². The van der Waals surface area contributed by atoms with Crippen molar-refractivity contribution >= 4 is 21.9 Å². The van der Waals surface area contributed by atoms with E-state index in [-0.39, 0.29) is 10.2 Å². The van der Waals surface area contributed by atoms with Gasteiger partial charge in [0.1, 0.15) is 0 Å². The highest BCUT2D eigenvalue weighted by molar-refractivity contribution is 9.10. The first-order chi connectivity index (χ1) is 6.99. The molecule has 1 atom stereocenters. The normalized spacial score (nSPS) is 12.3. The molecule has 1 unspecified atom stereocenters. The third-order valence-corrected chi connectivity index (χ3v) is 2.73. The van der Waals surface area contributed by atoms with E-state index in [1.807, 2.05) is 0 Å². The highest BCUT2D eigenvalue weighted by Crippen LogP contribution is 2.33. The Bertz CT molecular complexity index is 392. The lowest BCUT2D eigenvalue weighted by Crippen LogP contribution is -2.09. The third-order valence-electron chi connectivity index (χ3n) is 2.12. The van der Waals surface area contributed by atoms with Crippen LogP contribution in [0.2, 0.25) is 0 Å². The maximum atomic E-state index is 13.5. The van der Waals surface area contributed by atoms with E-state index < -0.39 is 17.7 Å². The van der Waals surface area contributed by atoms with Crippen LogP contribution < -0.4 is 4.74 Å². The minimum Gasteiger partial charge on any atom is -0.493 e. The molecule has 5 heteroatoms. The Hall–Kier alpha value is -1.10. The highest BCUT2D eigenvalue weighted by atomic mass is 79.9. The largest absolute Gasteiger partial charge is 0.493 e. The zero-order valence-electron chi connectivity index (χ0n) is 8.25. The van der Waals surface area contributed by atoms with E-state index in [4.69, 9.17) is 9.84 Å². The predicted molar refractivity (Wildman–Crippen MR) is 56.7 cm³/mol. The maximum absolute atomic E-state index is 13.5. The molecule has 0 aliphatic heterocycles. The Morgan fingerprint density at radius 1 is 1.60 bits per heavy atom. The highest BCUT2D eigenvalue weighted by Gasteiger charge is 2.21. The number of hydrogen-bond donors (Lipinski definition) is 1. The molecule has 15 heavy (non-hydrogen) atoms. The molecular weight excluding hydrogens is 267 g/mol. The van der Waals surface area contributed by atoms with Gasteiger partial charge in [-0.15, -0.1) is 0 Å². The molecule has 0 radical (unpaired) electrons. The predicted octanol–water partition coefficient (Wildman–Crippen LogP) is 2.78. The fourth-order valence-corrected chi connectivity index (χ4v) is 1.54. The molecule has 1 rings (SSSR count). The molecule has 1 aromatic carbocycles. The summed E-state index contributed by atoms with van der Waals surface area (Å²) in [6, 6.07) is 3.00. The van der Waals surface area contributed by atoms with Gasteiger partial charge in [-0.3, -0.25) is 4.79 Å². The second kappa shape index (κ2) is 4.61. The first-order valence-corrected chi connectivity index (χ1v) is 5.03. The molecule has 1 aromatic rings. The third kappa shape index (κ3) is 2.28. The number of benzene rings is 1. The van der Waals surface area contributed by atoms with E-state index in [0.717, 1.165) is 0 Å². The number of carboxylic acid groups (broad SMARTS) is 1. The van der Waals surface area contributed by atoms with Gasteiger partial charge in [-0.1, -0.05) is 6.07 Å². The van der Waals surface area contributed by atoms with Crippen molar-refractivity contribution in [2.24, 2.45) is 0 Å². The number of aliphatic carboxylic acids is 1. The lowest BCUT2D eigenvalue weighted by molar-refractivity contribution is -0.138. The summed E-state index contributed by atoms with van der Waals surface area (Å²) < 4.78 is 18.6. The first kappa shape index (κ1) is 12.0. The van der Waals surface area contributed by atoms with Crippen LogP contribution in [0.15, 0.2) is 16.6 Å². The number of methoxy groups -OCH3 is 1. The van der Waals surface area contributed by atoms with Crippen LogP contribution in [0.5, 0.6) is 5.75 Å². The summed E-state index contributed by atoms with van der Waals surface area (Å²) in [7, 11) is 1.31. The Labute approximate surface area is 95.0 Å². The van der Waals surface area contributed by atoms with Gasteiger partial charge in [0.2, 0.25) is 0 Å². The van der Waals surface area contributed by atoms with Gasteiger partial charge >= 0.3 is 5.97 Å². The van der Waals surface area contributed by atoms with Gasteiger partial charge in [-0.25, -0.2) is 4.39 Å². The van der Waals surface area contributed by atoms with Crippen molar-refractivity contribution in [2.75, 3.05) is 7.11 Å². The van der Waals surface area contributed by atoms with Crippen molar-refractivity contribution in [3.63, 3.8) is 0 Å². The molecule has 0 aliphatic carbocycles. The van der Waals surface area contributed by atoms with Gasteiger partial charge in [0.15, 0.2) is 11.6 Å².